The molecule has 17 heavy (non-hydrogen) atoms. The van der Waals surface area contributed by atoms with Crippen LogP contribution in [0.5, 0.6) is 0 Å². The number of hydrogen-bond donors (Lipinski definition) is 1. The van der Waals surface area contributed by atoms with Crippen molar-refractivity contribution in [2.24, 2.45) is 0 Å². The molecule has 0 saturated heterocycles. The Bertz CT molecular complexity index is 463. The van der Waals surface area contributed by atoms with Crippen LogP contribution in [-0.4, -0.2) is 11.5 Å². The van der Waals surface area contributed by atoms with Crippen molar-refractivity contribution in [3.63, 3.8) is 0 Å². The van der Waals surface area contributed by atoms with Crippen molar-refractivity contribution in [2.75, 3.05) is 6.54 Å². The van der Waals surface area contributed by atoms with E-state index in [1.807, 2.05) is 11.6 Å². The number of benzene rings is 1. The van der Waals surface area contributed by atoms with Crippen LogP contribution in [0.25, 0.3) is 0 Å². The van der Waals surface area contributed by atoms with Crippen molar-refractivity contribution in [3.8, 4) is 0 Å². The van der Waals surface area contributed by atoms with Gasteiger partial charge in [-0.1, -0.05) is 25.1 Å². The monoisotopic (exact) mass is 246 g/mol. The Labute approximate surface area is 107 Å². The van der Waals surface area contributed by atoms with E-state index < -0.39 is 0 Å². The van der Waals surface area contributed by atoms with E-state index in [1.165, 1.54) is 21.7 Å². The third kappa shape index (κ3) is 3.38. The fourth-order valence-corrected chi connectivity index (χ4v) is 2.48. The van der Waals surface area contributed by atoms with Gasteiger partial charge in [-0.2, -0.15) is 0 Å². The smallest absolute Gasteiger partial charge is 0.0968 e. The molecule has 0 unspecified atom stereocenters. The number of aromatic nitrogens is 1. The third-order valence-electron chi connectivity index (χ3n) is 2.81. The van der Waals surface area contributed by atoms with E-state index in [4.69, 9.17) is 0 Å². The van der Waals surface area contributed by atoms with Crippen LogP contribution in [0.1, 0.15) is 28.6 Å². The molecule has 0 bridgehead atoms. The van der Waals surface area contributed by atoms with E-state index >= 15 is 0 Å². The summed E-state index contributed by atoms with van der Waals surface area (Å²) in [6.45, 7) is 6.27. The number of hydrogen-bond acceptors (Lipinski definition) is 3. The van der Waals surface area contributed by atoms with Gasteiger partial charge >= 0.3 is 0 Å². The number of rotatable bonds is 5. The molecule has 3 heteroatoms. The predicted molar refractivity (Wildman–Crippen MR) is 73.5 cm³/mol. The second kappa shape index (κ2) is 5.94. The molecule has 0 aliphatic carbocycles. The van der Waals surface area contributed by atoms with Crippen LogP contribution in [-0.2, 0) is 13.0 Å². The van der Waals surface area contributed by atoms with Gasteiger partial charge in [0.2, 0.25) is 0 Å². The molecule has 2 aromatic rings. The van der Waals surface area contributed by atoms with Crippen molar-refractivity contribution in [1.82, 2.24) is 10.3 Å². The fourth-order valence-electron chi connectivity index (χ4n) is 1.84. The molecule has 1 N–H and O–H groups in total. The zero-order valence-electron chi connectivity index (χ0n) is 10.4. The molecule has 0 amide bonds. The van der Waals surface area contributed by atoms with Gasteiger partial charge in [-0.3, -0.25) is 0 Å². The Balaban J connectivity index is 2.09. The highest BCUT2D eigenvalue weighted by Crippen LogP contribution is 2.17. The third-order valence-corrected chi connectivity index (χ3v) is 3.59. The Morgan fingerprint density at radius 3 is 2.88 bits per heavy atom. The number of thiazole rings is 1. The minimum Gasteiger partial charge on any atom is -0.313 e. The van der Waals surface area contributed by atoms with Gasteiger partial charge in [0.1, 0.15) is 0 Å². The summed E-state index contributed by atoms with van der Waals surface area (Å²) in [6.07, 6.45) is 2.82. The van der Waals surface area contributed by atoms with Crippen LogP contribution < -0.4 is 5.32 Å². The van der Waals surface area contributed by atoms with Crippen LogP contribution in [0.3, 0.4) is 0 Å². The minimum absolute atomic E-state index is 0.949. The van der Waals surface area contributed by atoms with Crippen LogP contribution in [0, 0.1) is 6.92 Å². The molecule has 0 aliphatic rings. The normalized spacial score (nSPS) is 10.7. The summed E-state index contributed by atoms with van der Waals surface area (Å²) in [6, 6.07) is 6.70. The van der Waals surface area contributed by atoms with Gasteiger partial charge in [0, 0.05) is 24.5 Å². The summed E-state index contributed by atoms with van der Waals surface area (Å²) in [4.78, 5) is 4.33. The topological polar surface area (TPSA) is 24.9 Å². The van der Waals surface area contributed by atoms with Gasteiger partial charge in [-0.25, -0.2) is 4.98 Å². The minimum atomic E-state index is 0.949. The molecule has 0 fully saturated rings. The molecule has 0 aliphatic heterocycles. The van der Waals surface area contributed by atoms with Crippen LogP contribution in [0.15, 0.2) is 29.8 Å². The highest BCUT2D eigenvalue weighted by Gasteiger charge is 2.03. The molecule has 1 aromatic carbocycles. The van der Waals surface area contributed by atoms with Gasteiger partial charge < -0.3 is 5.32 Å². The lowest BCUT2D eigenvalue weighted by atomic mass is 10.0. The summed E-state index contributed by atoms with van der Waals surface area (Å²) in [5.74, 6) is 0. The van der Waals surface area contributed by atoms with Gasteiger partial charge in [-0.15, -0.1) is 11.3 Å². The lowest BCUT2D eigenvalue weighted by Crippen LogP contribution is -2.11. The molecular formula is C14H18N2S. The molecule has 1 heterocycles. The van der Waals surface area contributed by atoms with Crippen molar-refractivity contribution in [2.45, 2.75) is 26.8 Å². The maximum absolute atomic E-state index is 4.33. The number of nitrogens with zero attached hydrogens (tertiary/aromatic N) is 1. The molecule has 90 valence electrons. The second-order valence-corrected chi connectivity index (χ2v) is 5.12. The summed E-state index contributed by atoms with van der Waals surface area (Å²) in [5, 5.41) is 6.57. The van der Waals surface area contributed by atoms with E-state index in [0.29, 0.717) is 0 Å². The maximum atomic E-state index is 4.33. The molecule has 0 radical (unpaired) electrons. The SMILES string of the molecule is CCNCc1ccc(Cc2nccs2)c(C)c1. The lowest BCUT2D eigenvalue weighted by molar-refractivity contribution is 0.726. The van der Waals surface area contributed by atoms with Crippen molar-refractivity contribution >= 4 is 11.3 Å². The van der Waals surface area contributed by atoms with Crippen LogP contribution >= 0.6 is 11.3 Å². The highest BCUT2D eigenvalue weighted by molar-refractivity contribution is 7.09. The molecule has 0 atom stereocenters. The van der Waals surface area contributed by atoms with E-state index in [0.717, 1.165) is 19.5 Å². The molecule has 2 rings (SSSR count). The lowest BCUT2D eigenvalue weighted by Gasteiger charge is -2.08. The summed E-state index contributed by atoms with van der Waals surface area (Å²) in [5.41, 5.74) is 4.09. The first-order valence-electron chi connectivity index (χ1n) is 5.97. The maximum Gasteiger partial charge on any atom is 0.0968 e. The first-order valence-corrected chi connectivity index (χ1v) is 6.85. The van der Waals surface area contributed by atoms with Crippen LogP contribution in [0.4, 0.5) is 0 Å². The Morgan fingerprint density at radius 1 is 1.35 bits per heavy atom. The van der Waals surface area contributed by atoms with E-state index in [9.17, 15) is 0 Å². The van der Waals surface area contributed by atoms with Crippen molar-refractivity contribution < 1.29 is 0 Å². The fraction of sp³-hybridized carbons (Fsp3) is 0.357. The Hall–Kier alpha value is -1.19. The van der Waals surface area contributed by atoms with Crippen molar-refractivity contribution in [3.05, 3.63) is 51.5 Å². The standard InChI is InChI=1S/C14H18N2S/c1-3-15-10-12-4-5-13(11(2)8-12)9-14-16-6-7-17-14/h4-8,15H,3,9-10H2,1-2H3. The van der Waals surface area contributed by atoms with Gasteiger partial charge in [0.25, 0.3) is 0 Å². The average Bonchev–Trinajstić information content (AvgIpc) is 2.82. The van der Waals surface area contributed by atoms with E-state index in [2.05, 4.69) is 42.3 Å². The summed E-state index contributed by atoms with van der Waals surface area (Å²) in [7, 11) is 0. The van der Waals surface area contributed by atoms with E-state index in [1.54, 1.807) is 11.3 Å². The summed E-state index contributed by atoms with van der Waals surface area (Å²) < 4.78 is 0. The Morgan fingerprint density at radius 2 is 2.24 bits per heavy atom. The average molecular weight is 246 g/mol. The number of aryl methyl sites for hydroxylation is 1. The zero-order chi connectivity index (χ0) is 12.1. The molecule has 1 aromatic heterocycles. The first-order chi connectivity index (χ1) is 8.29. The largest absolute Gasteiger partial charge is 0.313 e. The van der Waals surface area contributed by atoms with E-state index in [-0.39, 0.29) is 0 Å². The molecule has 0 saturated carbocycles. The second-order valence-electron chi connectivity index (χ2n) is 4.14. The summed E-state index contributed by atoms with van der Waals surface area (Å²) >= 11 is 1.72. The molecule has 2 nitrogen and oxygen atoms in total. The zero-order valence-corrected chi connectivity index (χ0v) is 11.2. The predicted octanol–water partition coefficient (Wildman–Crippen LogP) is 3.15. The highest BCUT2D eigenvalue weighted by atomic mass is 32.1. The van der Waals surface area contributed by atoms with Gasteiger partial charge in [0.15, 0.2) is 0 Å². The van der Waals surface area contributed by atoms with Gasteiger partial charge in [0.05, 0.1) is 5.01 Å². The first kappa shape index (κ1) is 12.3. The van der Waals surface area contributed by atoms with Crippen LogP contribution in [0.2, 0.25) is 0 Å². The molecule has 0 spiro atoms. The van der Waals surface area contributed by atoms with Crippen molar-refractivity contribution in [1.29, 1.82) is 0 Å². The quantitative estimate of drug-likeness (QED) is 0.876. The Kier molecular flexibility index (Phi) is 4.29. The molecular weight excluding hydrogens is 228 g/mol. The number of nitrogens with one attached hydrogen (secondary N) is 1. The van der Waals surface area contributed by atoms with Gasteiger partial charge in [-0.05, 0) is 30.2 Å².